The summed E-state index contributed by atoms with van der Waals surface area (Å²) in [5.74, 6) is 0.901. The Morgan fingerprint density at radius 1 is 1.17 bits per heavy atom. The molecule has 1 aliphatic heterocycles. The van der Waals surface area contributed by atoms with Gasteiger partial charge in [-0.05, 0) is 44.5 Å². The monoisotopic (exact) mass is 319 g/mol. The molecule has 1 heterocycles. The van der Waals surface area contributed by atoms with Gasteiger partial charge in [0.25, 0.3) is 0 Å². The molecule has 0 saturated carbocycles. The van der Waals surface area contributed by atoms with E-state index in [1.54, 1.807) is 0 Å². The molecule has 1 saturated heterocycles. The number of nitrogens with one attached hydrogen (secondary N) is 1. The predicted molar refractivity (Wildman–Crippen MR) is 94.3 cm³/mol. The van der Waals surface area contributed by atoms with Crippen molar-refractivity contribution < 1.29 is 9.53 Å². The van der Waals surface area contributed by atoms with Crippen molar-refractivity contribution in [1.29, 1.82) is 0 Å². The third-order valence-corrected chi connectivity index (χ3v) is 3.95. The highest BCUT2D eigenvalue weighted by atomic mass is 16.5. The summed E-state index contributed by atoms with van der Waals surface area (Å²) in [5, 5.41) is 2.99. The van der Waals surface area contributed by atoms with Gasteiger partial charge < -0.3 is 19.9 Å². The first-order valence-electron chi connectivity index (χ1n) is 8.64. The van der Waals surface area contributed by atoms with E-state index in [1.807, 2.05) is 30.9 Å². The lowest BCUT2D eigenvalue weighted by Crippen LogP contribution is -2.52. The largest absolute Gasteiger partial charge is 0.491 e. The fraction of sp³-hybridized carbons (Fsp3) is 0.611. The average Bonchev–Trinajstić information content (AvgIpc) is 2.55. The van der Waals surface area contributed by atoms with E-state index in [1.165, 1.54) is 5.69 Å². The summed E-state index contributed by atoms with van der Waals surface area (Å²) in [6.45, 7) is 10.2. The van der Waals surface area contributed by atoms with Gasteiger partial charge in [-0.3, -0.25) is 0 Å². The van der Waals surface area contributed by atoms with Gasteiger partial charge in [0, 0.05) is 38.4 Å². The van der Waals surface area contributed by atoms with Crippen LogP contribution in [0.15, 0.2) is 24.3 Å². The number of nitrogens with zero attached hydrogens (tertiary/aromatic N) is 2. The first-order valence-corrected chi connectivity index (χ1v) is 8.64. The van der Waals surface area contributed by atoms with Crippen LogP contribution in [-0.2, 0) is 0 Å². The Labute approximate surface area is 139 Å². The lowest BCUT2D eigenvalue weighted by molar-refractivity contribution is 0.194. The second kappa shape index (κ2) is 8.65. The number of carbonyl (C=O) groups excluding carboxylic acids is 1. The van der Waals surface area contributed by atoms with Crippen LogP contribution in [0.25, 0.3) is 0 Å². The molecule has 2 rings (SSSR count). The van der Waals surface area contributed by atoms with Crippen LogP contribution < -0.4 is 15.0 Å². The third-order valence-electron chi connectivity index (χ3n) is 3.95. The summed E-state index contributed by atoms with van der Waals surface area (Å²) < 4.78 is 5.67. The van der Waals surface area contributed by atoms with E-state index in [0.29, 0.717) is 0 Å². The van der Waals surface area contributed by atoms with Gasteiger partial charge >= 0.3 is 6.03 Å². The van der Waals surface area contributed by atoms with Crippen molar-refractivity contribution in [1.82, 2.24) is 10.2 Å². The Hall–Kier alpha value is -1.91. The fourth-order valence-corrected chi connectivity index (χ4v) is 2.66. The first kappa shape index (κ1) is 17.4. The molecule has 2 amide bonds. The molecule has 1 aliphatic rings. The van der Waals surface area contributed by atoms with Gasteiger partial charge in [-0.2, -0.15) is 0 Å². The van der Waals surface area contributed by atoms with Gasteiger partial charge in [0.05, 0.1) is 6.10 Å². The first-order chi connectivity index (χ1) is 11.1. The highest BCUT2D eigenvalue weighted by Gasteiger charge is 2.20. The third kappa shape index (κ3) is 5.34. The molecule has 1 aromatic carbocycles. The number of hydrogen-bond donors (Lipinski definition) is 1. The predicted octanol–water partition coefficient (Wildman–Crippen LogP) is 3.11. The molecular formula is C18H29N3O2. The van der Waals surface area contributed by atoms with Crippen molar-refractivity contribution in [3.8, 4) is 5.75 Å². The Bertz CT molecular complexity index is 480. The Morgan fingerprint density at radius 2 is 1.83 bits per heavy atom. The quantitative estimate of drug-likeness (QED) is 0.820. The van der Waals surface area contributed by atoms with Crippen molar-refractivity contribution >= 4 is 11.7 Å². The fourth-order valence-electron chi connectivity index (χ4n) is 2.66. The highest BCUT2D eigenvalue weighted by Crippen LogP contribution is 2.21. The number of unbranched alkanes of at least 4 members (excludes halogenated alkanes) is 1. The molecule has 23 heavy (non-hydrogen) atoms. The highest BCUT2D eigenvalue weighted by molar-refractivity contribution is 5.74. The van der Waals surface area contributed by atoms with Crippen molar-refractivity contribution in [2.24, 2.45) is 0 Å². The second-order valence-electron chi connectivity index (χ2n) is 6.22. The van der Waals surface area contributed by atoms with Crippen LogP contribution >= 0.6 is 0 Å². The van der Waals surface area contributed by atoms with E-state index in [4.69, 9.17) is 4.74 Å². The summed E-state index contributed by atoms with van der Waals surface area (Å²) in [4.78, 5) is 16.3. The maximum atomic E-state index is 12.0. The molecule has 0 aliphatic carbocycles. The molecule has 0 aromatic heterocycles. The zero-order valence-corrected chi connectivity index (χ0v) is 14.5. The van der Waals surface area contributed by atoms with Gasteiger partial charge in [0.15, 0.2) is 0 Å². The van der Waals surface area contributed by atoms with Gasteiger partial charge in [0.2, 0.25) is 0 Å². The standard InChI is InChI=1S/C18H29N3O2/c1-4-5-10-19-18(22)21-13-11-20(12-14-21)16-6-8-17(9-7-16)23-15(2)3/h6-9,15H,4-5,10-14H2,1-3H3,(H,19,22). The Balaban J connectivity index is 1.80. The van der Waals surface area contributed by atoms with Crippen LogP contribution in [0.5, 0.6) is 5.75 Å². The van der Waals surface area contributed by atoms with Crippen LogP contribution in [0.3, 0.4) is 0 Å². The number of benzene rings is 1. The number of piperazine rings is 1. The number of ether oxygens (including phenoxy) is 1. The number of hydrogen-bond acceptors (Lipinski definition) is 3. The molecule has 0 bridgehead atoms. The van der Waals surface area contributed by atoms with E-state index in [9.17, 15) is 4.79 Å². The minimum atomic E-state index is 0.0683. The summed E-state index contributed by atoms with van der Waals surface area (Å²) in [6, 6.07) is 8.28. The minimum absolute atomic E-state index is 0.0683. The molecule has 128 valence electrons. The van der Waals surface area contributed by atoms with Crippen LogP contribution in [-0.4, -0.2) is 49.8 Å². The van der Waals surface area contributed by atoms with Gasteiger partial charge in [-0.1, -0.05) is 13.3 Å². The topological polar surface area (TPSA) is 44.8 Å². The molecule has 5 nitrogen and oxygen atoms in total. The second-order valence-corrected chi connectivity index (χ2v) is 6.22. The zero-order chi connectivity index (χ0) is 16.7. The number of anilines is 1. The molecular weight excluding hydrogens is 290 g/mol. The van der Waals surface area contributed by atoms with Gasteiger partial charge in [-0.25, -0.2) is 4.79 Å². The van der Waals surface area contributed by atoms with E-state index >= 15 is 0 Å². The van der Waals surface area contributed by atoms with Gasteiger partial charge in [-0.15, -0.1) is 0 Å². The molecule has 0 atom stereocenters. The van der Waals surface area contributed by atoms with E-state index < -0.39 is 0 Å². The van der Waals surface area contributed by atoms with E-state index in [2.05, 4.69) is 29.3 Å². The molecule has 5 heteroatoms. The summed E-state index contributed by atoms with van der Waals surface area (Å²) >= 11 is 0. The van der Waals surface area contributed by atoms with Gasteiger partial charge in [0.1, 0.15) is 5.75 Å². The van der Waals surface area contributed by atoms with Crippen molar-refractivity contribution in [3.63, 3.8) is 0 Å². The van der Waals surface area contributed by atoms with Crippen LogP contribution in [0.1, 0.15) is 33.6 Å². The lowest BCUT2D eigenvalue weighted by Gasteiger charge is -2.36. The molecule has 0 spiro atoms. The SMILES string of the molecule is CCCCNC(=O)N1CCN(c2ccc(OC(C)C)cc2)CC1. The van der Waals surface area contributed by atoms with Crippen LogP contribution in [0.4, 0.5) is 10.5 Å². The summed E-state index contributed by atoms with van der Waals surface area (Å²) in [6.07, 6.45) is 2.33. The minimum Gasteiger partial charge on any atom is -0.491 e. The zero-order valence-electron chi connectivity index (χ0n) is 14.5. The number of amides is 2. The van der Waals surface area contributed by atoms with Crippen LogP contribution in [0, 0.1) is 0 Å². The normalized spacial score (nSPS) is 15.0. The van der Waals surface area contributed by atoms with Crippen molar-refractivity contribution in [3.05, 3.63) is 24.3 Å². The summed E-state index contributed by atoms with van der Waals surface area (Å²) in [5.41, 5.74) is 1.19. The molecule has 1 fully saturated rings. The van der Waals surface area contributed by atoms with E-state index in [0.717, 1.165) is 51.3 Å². The Morgan fingerprint density at radius 3 is 2.39 bits per heavy atom. The number of carbonyl (C=O) groups is 1. The van der Waals surface area contributed by atoms with Crippen molar-refractivity contribution in [2.45, 2.75) is 39.7 Å². The summed E-state index contributed by atoms with van der Waals surface area (Å²) in [7, 11) is 0. The lowest BCUT2D eigenvalue weighted by atomic mass is 10.2. The smallest absolute Gasteiger partial charge is 0.317 e. The maximum absolute atomic E-state index is 12.0. The molecule has 1 aromatic rings. The van der Waals surface area contributed by atoms with E-state index in [-0.39, 0.29) is 12.1 Å². The Kier molecular flexibility index (Phi) is 6.56. The molecule has 0 radical (unpaired) electrons. The van der Waals surface area contributed by atoms with Crippen LogP contribution in [0.2, 0.25) is 0 Å². The molecule has 1 N–H and O–H groups in total. The van der Waals surface area contributed by atoms with Crippen molar-refractivity contribution in [2.75, 3.05) is 37.6 Å². The number of rotatable bonds is 6. The average molecular weight is 319 g/mol. The molecule has 0 unspecified atom stereocenters. The number of urea groups is 1. The maximum Gasteiger partial charge on any atom is 0.317 e.